The van der Waals surface area contributed by atoms with E-state index in [0.717, 1.165) is 73.7 Å². The van der Waals surface area contributed by atoms with E-state index in [1.165, 1.54) is 0 Å². The van der Waals surface area contributed by atoms with Gasteiger partial charge < -0.3 is 18.9 Å². The monoisotopic (exact) mass is 489 g/mol. The number of hydrogen-bond donors (Lipinski definition) is 0. The fourth-order valence-electron chi connectivity index (χ4n) is 5.40. The number of hydrogen-bond acceptors (Lipinski definition) is 5. The van der Waals surface area contributed by atoms with Crippen molar-refractivity contribution < 1.29 is 18.6 Å². The standard InChI is InChI=1S/C28H30N2O4P/c1-5-34-35(31)26-16-22-24(32-12-10-29(22)3)14-20(26)28(19-9-7-6-8-18(19)2)21-15-25-23(17-27(21)35)30(4)11-13-33-25/h6-9,14-17H,5,10-13H2,1-4H3/q+1. The third-order valence-corrected chi connectivity index (χ3v) is 9.87. The fraction of sp³-hybridized carbons (Fsp3) is 0.321. The summed E-state index contributed by atoms with van der Waals surface area (Å²) in [5.41, 5.74) is 5.14. The Morgan fingerprint density at radius 1 is 1.03 bits per heavy atom. The molecule has 6 nitrogen and oxygen atoms in total. The summed E-state index contributed by atoms with van der Waals surface area (Å²) in [6, 6.07) is 16.5. The zero-order valence-corrected chi connectivity index (χ0v) is 21.5. The molecule has 180 valence electrons. The molecular weight excluding hydrogens is 459 g/mol. The van der Waals surface area contributed by atoms with Gasteiger partial charge in [0.25, 0.3) is 7.37 Å². The molecule has 3 heterocycles. The van der Waals surface area contributed by atoms with Crippen LogP contribution in [0.3, 0.4) is 0 Å². The van der Waals surface area contributed by atoms with E-state index < -0.39 is 7.37 Å². The highest BCUT2D eigenvalue weighted by Crippen LogP contribution is 2.50. The Kier molecular flexibility index (Phi) is 5.28. The van der Waals surface area contributed by atoms with E-state index >= 15 is 0 Å². The van der Waals surface area contributed by atoms with Crippen LogP contribution in [0, 0.1) is 6.92 Å². The molecule has 3 aliphatic rings. The lowest BCUT2D eigenvalue weighted by atomic mass is 9.91. The van der Waals surface area contributed by atoms with Gasteiger partial charge in [0.05, 0.1) is 29.4 Å². The number of benzene rings is 3. The molecule has 0 bridgehead atoms. The first kappa shape index (κ1) is 22.4. The fourth-order valence-corrected chi connectivity index (χ4v) is 7.87. The second-order valence-electron chi connectivity index (χ2n) is 9.37. The average molecular weight is 490 g/mol. The highest BCUT2D eigenvalue weighted by Gasteiger charge is 2.40. The maximum atomic E-state index is 15.0. The van der Waals surface area contributed by atoms with Crippen LogP contribution in [0.25, 0.3) is 5.57 Å². The molecule has 0 amide bonds. The molecule has 3 aromatic rings. The summed E-state index contributed by atoms with van der Waals surface area (Å²) in [4.78, 5) is 2.16. The minimum atomic E-state index is -3.40. The van der Waals surface area contributed by atoms with Crippen LogP contribution in [0.4, 0.5) is 5.69 Å². The Morgan fingerprint density at radius 2 is 1.83 bits per heavy atom. The molecule has 35 heavy (non-hydrogen) atoms. The van der Waals surface area contributed by atoms with Gasteiger partial charge in [0.15, 0.2) is 12.3 Å². The van der Waals surface area contributed by atoms with Crippen LogP contribution >= 0.6 is 7.37 Å². The molecule has 0 saturated heterocycles. The molecule has 0 aromatic heterocycles. The second-order valence-corrected chi connectivity index (χ2v) is 11.7. The molecule has 6 rings (SSSR count). The molecule has 0 aliphatic carbocycles. The van der Waals surface area contributed by atoms with Crippen molar-refractivity contribution in [2.45, 2.75) is 13.8 Å². The summed E-state index contributed by atoms with van der Waals surface area (Å²) in [6.45, 7) is 7.18. The summed E-state index contributed by atoms with van der Waals surface area (Å²) in [5.74, 6) is 1.62. The van der Waals surface area contributed by atoms with Gasteiger partial charge in [0, 0.05) is 23.9 Å². The molecule has 0 N–H and O–H groups in total. The molecule has 1 unspecified atom stereocenters. The first-order valence-electron chi connectivity index (χ1n) is 12.2. The van der Waals surface area contributed by atoms with Crippen molar-refractivity contribution >= 4 is 29.2 Å². The number of rotatable bonds is 3. The summed E-state index contributed by atoms with van der Waals surface area (Å²) >= 11 is 0. The summed E-state index contributed by atoms with van der Waals surface area (Å²) < 4.78 is 35.5. The van der Waals surface area contributed by atoms with Crippen LogP contribution in [0.2, 0.25) is 0 Å². The second kappa shape index (κ2) is 8.25. The lowest BCUT2D eigenvalue weighted by Crippen LogP contribution is -2.45. The van der Waals surface area contributed by atoms with Crippen LogP contribution < -0.4 is 40.1 Å². The third-order valence-electron chi connectivity index (χ3n) is 7.24. The predicted octanol–water partition coefficient (Wildman–Crippen LogP) is 2.16. The van der Waals surface area contributed by atoms with E-state index in [1.807, 2.05) is 39.2 Å². The van der Waals surface area contributed by atoms with E-state index in [1.54, 1.807) is 0 Å². The number of aryl methyl sites for hydroxylation is 1. The maximum absolute atomic E-state index is 15.0. The molecule has 3 aliphatic heterocycles. The Morgan fingerprint density at radius 3 is 2.63 bits per heavy atom. The van der Waals surface area contributed by atoms with Crippen molar-refractivity contribution in [3.8, 4) is 11.5 Å². The van der Waals surface area contributed by atoms with Gasteiger partial charge in [-0.1, -0.05) is 24.3 Å². The van der Waals surface area contributed by atoms with Crippen LogP contribution in [0.15, 0.2) is 48.5 Å². The zero-order valence-electron chi connectivity index (χ0n) is 20.6. The minimum absolute atomic E-state index is 0.350. The molecule has 0 fully saturated rings. The average Bonchev–Trinajstić information content (AvgIpc) is 2.85. The highest BCUT2D eigenvalue weighted by atomic mass is 31.2. The quantitative estimate of drug-likeness (QED) is 0.417. The predicted molar refractivity (Wildman–Crippen MR) is 140 cm³/mol. The van der Waals surface area contributed by atoms with Gasteiger partial charge in [-0.25, -0.2) is 4.58 Å². The topological polar surface area (TPSA) is 51.0 Å². The lowest BCUT2D eigenvalue weighted by molar-refractivity contribution is 0.280. The van der Waals surface area contributed by atoms with Crippen molar-refractivity contribution in [2.75, 3.05) is 51.9 Å². The Balaban J connectivity index is 1.82. The van der Waals surface area contributed by atoms with E-state index in [0.29, 0.717) is 19.8 Å². The van der Waals surface area contributed by atoms with E-state index in [4.69, 9.17) is 14.0 Å². The van der Waals surface area contributed by atoms with E-state index in [9.17, 15) is 4.57 Å². The molecule has 0 spiro atoms. The molecule has 0 saturated carbocycles. The molecule has 3 aromatic carbocycles. The number of ether oxygens (including phenoxy) is 2. The van der Waals surface area contributed by atoms with Crippen molar-refractivity contribution in [3.05, 3.63) is 75.8 Å². The van der Waals surface area contributed by atoms with Crippen molar-refractivity contribution in [1.82, 2.24) is 4.58 Å². The van der Waals surface area contributed by atoms with Crippen LogP contribution in [-0.4, -0.2) is 47.0 Å². The number of likely N-dealkylation sites (N-methyl/N-ethyl adjacent to an activating group) is 2. The molecule has 1 atom stereocenters. The van der Waals surface area contributed by atoms with Crippen molar-refractivity contribution in [1.29, 1.82) is 0 Å². The minimum Gasteiger partial charge on any atom is -0.490 e. The van der Waals surface area contributed by atoms with Gasteiger partial charge in [-0.2, -0.15) is 0 Å². The van der Waals surface area contributed by atoms with Crippen LogP contribution in [-0.2, 0) is 9.09 Å². The van der Waals surface area contributed by atoms with E-state index in [2.05, 4.69) is 46.7 Å². The lowest BCUT2D eigenvalue weighted by Gasteiger charge is -2.33. The van der Waals surface area contributed by atoms with Gasteiger partial charge in [-0.15, -0.1) is 0 Å². The van der Waals surface area contributed by atoms with Gasteiger partial charge in [0.2, 0.25) is 5.36 Å². The van der Waals surface area contributed by atoms with Gasteiger partial charge in [-0.3, -0.25) is 4.57 Å². The summed E-state index contributed by atoms with van der Waals surface area (Å²) in [5, 5.41) is 3.32. The van der Waals surface area contributed by atoms with Crippen molar-refractivity contribution in [2.24, 2.45) is 0 Å². The SMILES string of the molecule is CCOP1(=O)c2cc3c(cc2C(c2ccccc2C)=c2cc4c(cc21)=[N+](C)CCO4)OCCN3C. The molecule has 0 radical (unpaired) electrons. The smallest absolute Gasteiger partial charge is 0.262 e. The van der Waals surface area contributed by atoms with E-state index in [-0.39, 0.29) is 0 Å². The van der Waals surface area contributed by atoms with Gasteiger partial charge in [0.1, 0.15) is 26.0 Å². The largest absolute Gasteiger partial charge is 0.490 e. The Hall–Kier alpha value is -3.08. The Bertz CT molecular complexity index is 1550. The van der Waals surface area contributed by atoms with Crippen LogP contribution in [0.5, 0.6) is 11.5 Å². The maximum Gasteiger partial charge on any atom is 0.262 e. The number of anilines is 1. The molecule has 7 heteroatoms. The first-order valence-corrected chi connectivity index (χ1v) is 13.8. The van der Waals surface area contributed by atoms with Crippen LogP contribution in [0.1, 0.15) is 23.6 Å². The Labute approximate surface area is 205 Å². The normalized spacial score (nSPS) is 20.3. The third kappa shape index (κ3) is 3.35. The zero-order chi connectivity index (χ0) is 24.3. The summed E-state index contributed by atoms with van der Waals surface area (Å²) in [7, 11) is 0.695. The summed E-state index contributed by atoms with van der Waals surface area (Å²) in [6.07, 6.45) is 0. The first-order chi connectivity index (χ1) is 16.9. The van der Waals surface area contributed by atoms with Gasteiger partial charge >= 0.3 is 0 Å². The number of nitrogens with zero attached hydrogens (tertiary/aromatic N) is 2. The van der Waals surface area contributed by atoms with Gasteiger partial charge in [-0.05, 0) is 48.7 Å². The molecular formula is C28H30N2O4P+. The highest BCUT2D eigenvalue weighted by molar-refractivity contribution is 7.74. The van der Waals surface area contributed by atoms with Crippen molar-refractivity contribution in [3.63, 3.8) is 0 Å². The number of fused-ring (bicyclic) bond motifs is 4.